The second-order valence-corrected chi connectivity index (χ2v) is 10.5. The number of thiazole rings is 1. The quantitative estimate of drug-likeness (QED) is 0.312. The Balaban J connectivity index is 1.23. The molecule has 0 bridgehead atoms. The van der Waals surface area contributed by atoms with E-state index >= 15 is 0 Å². The number of aromatic nitrogens is 3. The molecule has 5 rings (SSSR count). The summed E-state index contributed by atoms with van der Waals surface area (Å²) in [6.45, 7) is 7.62. The van der Waals surface area contributed by atoms with Gasteiger partial charge in [0, 0.05) is 49.2 Å². The summed E-state index contributed by atoms with van der Waals surface area (Å²) in [6, 6.07) is 14.7. The number of hydrogen-bond acceptors (Lipinski definition) is 9. The first-order valence-corrected chi connectivity index (χ1v) is 13.4. The Labute approximate surface area is 231 Å². The number of anilines is 5. The molecule has 0 spiro atoms. The van der Waals surface area contributed by atoms with E-state index in [9.17, 15) is 9.59 Å². The molecule has 3 N–H and O–H groups in total. The molecule has 1 aliphatic rings. The van der Waals surface area contributed by atoms with E-state index in [-0.39, 0.29) is 11.8 Å². The Hall–Kier alpha value is -4.35. The zero-order valence-electron chi connectivity index (χ0n) is 22.1. The molecule has 4 aromatic rings. The number of nitrogens with zero attached hydrogens (tertiary/aromatic N) is 5. The molecule has 2 aromatic carbocycles. The fraction of sp³-hybridized carbons (Fsp3) is 0.250. The maximum atomic E-state index is 13.0. The molecule has 10 nitrogen and oxygen atoms in total. The van der Waals surface area contributed by atoms with Gasteiger partial charge in [-0.25, -0.2) is 15.0 Å². The van der Waals surface area contributed by atoms with Gasteiger partial charge in [-0.15, -0.1) is 0 Å². The SMILES string of the molecule is Cc1cccc(C(=O)Nc2ccc(C)c(NC(=O)c3cnc(Nc4cc(N5CCN(C)CC5)ncn4)s3)c2)c1. The first-order valence-electron chi connectivity index (χ1n) is 12.6. The first kappa shape index (κ1) is 26.3. The van der Waals surface area contributed by atoms with Crippen molar-refractivity contribution in [2.24, 2.45) is 0 Å². The summed E-state index contributed by atoms with van der Waals surface area (Å²) in [5, 5.41) is 9.58. The van der Waals surface area contributed by atoms with Gasteiger partial charge >= 0.3 is 0 Å². The first-order chi connectivity index (χ1) is 18.8. The van der Waals surface area contributed by atoms with Crippen LogP contribution in [0.3, 0.4) is 0 Å². The summed E-state index contributed by atoms with van der Waals surface area (Å²) in [7, 11) is 2.11. The summed E-state index contributed by atoms with van der Waals surface area (Å²) in [4.78, 5) is 43.7. The lowest BCUT2D eigenvalue weighted by molar-refractivity contribution is 0.102. The Morgan fingerprint density at radius 1 is 0.897 bits per heavy atom. The van der Waals surface area contributed by atoms with E-state index in [0.717, 1.165) is 43.1 Å². The zero-order chi connectivity index (χ0) is 27.4. The highest BCUT2D eigenvalue weighted by Crippen LogP contribution is 2.26. The van der Waals surface area contributed by atoms with Crippen molar-refractivity contribution in [2.75, 3.05) is 54.1 Å². The fourth-order valence-corrected chi connectivity index (χ4v) is 4.90. The van der Waals surface area contributed by atoms with Gasteiger partial charge in [-0.3, -0.25) is 9.59 Å². The number of nitrogens with one attached hydrogen (secondary N) is 3. The minimum Gasteiger partial charge on any atom is -0.354 e. The summed E-state index contributed by atoms with van der Waals surface area (Å²) in [5.74, 6) is 0.984. The summed E-state index contributed by atoms with van der Waals surface area (Å²) < 4.78 is 0. The van der Waals surface area contributed by atoms with Crippen LogP contribution >= 0.6 is 11.3 Å². The predicted octanol–water partition coefficient (Wildman–Crippen LogP) is 4.55. The molecule has 1 fully saturated rings. The van der Waals surface area contributed by atoms with E-state index in [1.807, 2.05) is 50.2 Å². The van der Waals surface area contributed by atoms with Crippen LogP contribution in [0.5, 0.6) is 0 Å². The molecule has 0 aliphatic carbocycles. The lowest BCUT2D eigenvalue weighted by Gasteiger charge is -2.33. The Kier molecular flexibility index (Phi) is 7.80. The zero-order valence-corrected chi connectivity index (χ0v) is 22.9. The average molecular weight is 543 g/mol. The molecule has 39 heavy (non-hydrogen) atoms. The third-order valence-corrected chi connectivity index (χ3v) is 7.38. The number of piperazine rings is 1. The van der Waals surface area contributed by atoms with E-state index in [0.29, 0.717) is 32.8 Å². The monoisotopic (exact) mass is 542 g/mol. The van der Waals surface area contributed by atoms with Crippen LogP contribution in [0, 0.1) is 13.8 Å². The van der Waals surface area contributed by atoms with Crippen molar-refractivity contribution in [2.45, 2.75) is 13.8 Å². The van der Waals surface area contributed by atoms with Gasteiger partial charge in [0.1, 0.15) is 22.8 Å². The van der Waals surface area contributed by atoms with Crippen molar-refractivity contribution in [1.82, 2.24) is 19.9 Å². The maximum Gasteiger partial charge on any atom is 0.267 e. The summed E-state index contributed by atoms with van der Waals surface area (Å²) >= 11 is 1.23. The lowest BCUT2D eigenvalue weighted by atomic mass is 10.1. The molecule has 2 aromatic heterocycles. The highest BCUT2D eigenvalue weighted by Gasteiger charge is 2.17. The van der Waals surface area contributed by atoms with Crippen LogP contribution in [0.2, 0.25) is 0 Å². The number of rotatable bonds is 7. The number of carbonyl (C=O) groups is 2. The topological polar surface area (TPSA) is 115 Å². The summed E-state index contributed by atoms with van der Waals surface area (Å²) in [6.07, 6.45) is 3.06. The number of carbonyl (C=O) groups excluding carboxylic acids is 2. The number of benzene rings is 2. The van der Waals surface area contributed by atoms with Crippen molar-refractivity contribution >= 4 is 51.3 Å². The van der Waals surface area contributed by atoms with Gasteiger partial charge in [-0.2, -0.15) is 0 Å². The van der Waals surface area contributed by atoms with Gasteiger partial charge in [-0.1, -0.05) is 35.1 Å². The molecule has 0 saturated carbocycles. The van der Waals surface area contributed by atoms with Crippen LogP contribution in [-0.4, -0.2) is 64.9 Å². The minimum absolute atomic E-state index is 0.210. The van der Waals surface area contributed by atoms with Gasteiger partial charge in [0.2, 0.25) is 0 Å². The second-order valence-electron chi connectivity index (χ2n) is 9.51. The number of likely N-dealkylation sites (N-methyl/N-ethyl adjacent to an activating group) is 1. The van der Waals surface area contributed by atoms with Crippen LogP contribution in [0.25, 0.3) is 0 Å². The predicted molar refractivity (Wildman–Crippen MR) is 155 cm³/mol. The fourth-order valence-electron chi connectivity index (χ4n) is 4.18. The van der Waals surface area contributed by atoms with E-state index < -0.39 is 0 Å². The maximum absolute atomic E-state index is 13.0. The number of amides is 2. The van der Waals surface area contributed by atoms with Crippen molar-refractivity contribution in [3.8, 4) is 0 Å². The Morgan fingerprint density at radius 2 is 1.72 bits per heavy atom. The van der Waals surface area contributed by atoms with E-state index in [1.54, 1.807) is 12.1 Å². The van der Waals surface area contributed by atoms with Gasteiger partial charge < -0.3 is 25.8 Å². The van der Waals surface area contributed by atoms with Gasteiger partial charge in [-0.05, 0) is 50.7 Å². The van der Waals surface area contributed by atoms with Crippen LogP contribution in [0.4, 0.5) is 28.1 Å². The van der Waals surface area contributed by atoms with Gasteiger partial charge in [0.15, 0.2) is 5.13 Å². The number of hydrogen-bond donors (Lipinski definition) is 3. The third-order valence-electron chi connectivity index (χ3n) is 6.47. The van der Waals surface area contributed by atoms with Crippen molar-refractivity contribution in [3.63, 3.8) is 0 Å². The van der Waals surface area contributed by atoms with Crippen LogP contribution in [0.1, 0.15) is 31.2 Å². The molecule has 200 valence electrons. The molecule has 0 radical (unpaired) electrons. The third kappa shape index (κ3) is 6.57. The van der Waals surface area contributed by atoms with Crippen molar-refractivity contribution in [1.29, 1.82) is 0 Å². The average Bonchev–Trinajstić information content (AvgIpc) is 3.40. The molecule has 11 heteroatoms. The second kappa shape index (κ2) is 11.6. The van der Waals surface area contributed by atoms with Crippen molar-refractivity contribution < 1.29 is 9.59 Å². The van der Waals surface area contributed by atoms with E-state index in [4.69, 9.17) is 0 Å². The molecule has 1 aliphatic heterocycles. The molecule has 0 atom stereocenters. The van der Waals surface area contributed by atoms with Crippen LogP contribution < -0.4 is 20.9 Å². The summed E-state index contributed by atoms with van der Waals surface area (Å²) in [5.41, 5.74) is 3.65. The largest absolute Gasteiger partial charge is 0.354 e. The van der Waals surface area contributed by atoms with E-state index in [1.165, 1.54) is 23.9 Å². The van der Waals surface area contributed by atoms with Crippen LogP contribution in [-0.2, 0) is 0 Å². The Bertz CT molecular complexity index is 1500. The highest BCUT2D eigenvalue weighted by atomic mass is 32.1. The molecular weight excluding hydrogens is 512 g/mol. The normalized spacial score (nSPS) is 13.7. The van der Waals surface area contributed by atoms with Gasteiger partial charge in [0.05, 0.1) is 6.20 Å². The molecule has 3 heterocycles. The van der Waals surface area contributed by atoms with Crippen molar-refractivity contribution in [3.05, 3.63) is 82.6 Å². The smallest absolute Gasteiger partial charge is 0.267 e. The molecular formula is C28H30N8O2S. The molecule has 1 saturated heterocycles. The van der Waals surface area contributed by atoms with E-state index in [2.05, 4.69) is 47.7 Å². The molecule has 0 unspecified atom stereocenters. The Morgan fingerprint density at radius 3 is 2.51 bits per heavy atom. The highest BCUT2D eigenvalue weighted by molar-refractivity contribution is 7.17. The molecule has 2 amide bonds. The van der Waals surface area contributed by atoms with Crippen LogP contribution in [0.15, 0.2) is 61.1 Å². The van der Waals surface area contributed by atoms with Gasteiger partial charge in [0.25, 0.3) is 11.8 Å². The minimum atomic E-state index is -0.286. The number of aryl methyl sites for hydroxylation is 2. The standard InChI is InChI=1S/C28H30N8O2S/c1-18-5-4-6-20(13-18)26(37)32-21-8-7-19(2)22(14-21)33-27(38)23-16-29-28(39-23)34-24-15-25(31-17-30-24)36-11-9-35(3)10-12-36/h4-8,13-17H,9-12H2,1-3H3,(H,32,37)(H,33,38)(H,29,30,31,34). The lowest BCUT2D eigenvalue weighted by Crippen LogP contribution is -2.44.